The Bertz CT molecular complexity index is 638. The molecule has 0 unspecified atom stereocenters. The minimum atomic E-state index is -0.126. The molecule has 0 aliphatic carbocycles. The molecule has 116 valence electrons. The Hall–Kier alpha value is -2.41. The zero-order chi connectivity index (χ0) is 15.8. The lowest BCUT2D eigenvalue weighted by Crippen LogP contribution is -2.41. The van der Waals surface area contributed by atoms with Crippen molar-refractivity contribution in [3.8, 4) is 0 Å². The molecule has 3 N–H and O–H groups in total. The number of aryl methyl sites for hydroxylation is 1. The standard InChI is InChI=1S/C15H19N5OS/c1-11-10-22-14(19-11)9-18-15(16-2)17-8-13(21)20-12-6-4-3-5-7-12/h3-7,10H,8-9H2,1-2H3,(H,20,21)(H2,16,17,18). The molecule has 0 aliphatic rings. The van der Waals surface area contributed by atoms with Crippen molar-refractivity contribution in [2.75, 3.05) is 18.9 Å². The molecule has 0 spiro atoms. The Labute approximate surface area is 133 Å². The van der Waals surface area contributed by atoms with E-state index in [9.17, 15) is 4.79 Å². The number of hydrogen-bond donors (Lipinski definition) is 3. The first-order chi connectivity index (χ1) is 10.7. The monoisotopic (exact) mass is 317 g/mol. The Morgan fingerprint density at radius 2 is 2.05 bits per heavy atom. The Balaban J connectivity index is 1.75. The predicted molar refractivity (Wildman–Crippen MR) is 90.1 cm³/mol. The van der Waals surface area contributed by atoms with Gasteiger partial charge in [-0.15, -0.1) is 11.3 Å². The molecule has 0 radical (unpaired) electrons. The second kappa shape index (κ2) is 8.14. The van der Waals surface area contributed by atoms with E-state index in [1.165, 1.54) is 0 Å². The van der Waals surface area contributed by atoms with Crippen LogP contribution in [0.3, 0.4) is 0 Å². The first-order valence-corrected chi connectivity index (χ1v) is 7.76. The normalized spacial score (nSPS) is 11.1. The second-order valence-corrected chi connectivity index (χ2v) is 5.52. The molecule has 0 fully saturated rings. The number of thiazole rings is 1. The lowest BCUT2D eigenvalue weighted by Gasteiger charge is -2.11. The van der Waals surface area contributed by atoms with Crippen LogP contribution in [0, 0.1) is 6.92 Å². The van der Waals surface area contributed by atoms with Crippen molar-refractivity contribution in [1.29, 1.82) is 0 Å². The van der Waals surface area contributed by atoms with Crippen molar-refractivity contribution in [2.24, 2.45) is 4.99 Å². The van der Waals surface area contributed by atoms with Gasteiger partial charge in [0.05, 0.1) is 13.1 Å². The van der Waals surface area contributed by atoms with E-state index in [1.807, 2.05) is 42.6 Å². The molecule has 6 nitrogen and oxygen atoms in total. The maximum absolute atomic E-state index is 11.8. The lowest BCUT2D eigenvalue weighted by atomic mass is 10.3. The summed E-state index contributed by atoms with van der Waals surface area (Å²) in [4.78, 5) is 20.3. The molecule has 2 aromatic rings. The van der Waals surface area contributed by atoms with Gasteiger partial charge in [0, 0.05) is 23.8 Å². The molecule has 1 aromatic heterocycles. The maximum Gasteiger partial charge on any atom is 0.243 e. The van der Waals surface area contributed by atoms with Crippen LogP contribution in [0.5, 0.6) is 0 Å². The number of carbonyl (C=O) groups is 1. The number of carbonyl (C=O) groups excluding carboxylic acids is 1. The highest BCUT2D eigenvalue weighted by molar-refractivity contribution is 7.09. The molecule has 0 aliphatic heterocycles. The van der Waals surface area contributed by atoms with Gasteiger partial charge >= 0.3 is 0 Å². The molecule has 1 heterocycles. The molecule has 0 saturated carbocycles. The molecule has 7 heteroatoms. The molecular weight excluding hydrogens is 298 g/mol. The number of para-hydroxylation sites is 1. The van der Waals surface area contributed by atoms with Gasteiger partial charge in [-0.3, -0.25) is 9.79 Å². The fourth-order valence-corrected chi connectivity index (χ4v) is 2.47. The Morgan fingerprint density at radius 3 is 2.68 bits per heavy atom. The van der Waals surface area contributed by atoms with E-state index in [2.05, 4.69) is 25.9 Å². The van der Waals surface area contributed by atoms with Crippen LogP contribution in [-0.2, 0) is 11.3 Å². The van der Waals surface area contributed by atoms with Crippen LogP contribution in [0.15, 0.2) is 40.7 Å². The van der Waals surface area contributed by atoms with E-state index < -0.39 is 0 Å². The Morgan fingerprint density at radius 1 is 1.27 bits per heavy atom. The third kappa shape index (κ3) is 5.17. The highest BCUT2D eigenvalue weighted by atomic mass is 32.1. The van der Waals surface area contributed by atoms with Crippen LogP contribution >= 0.6 is 11.3 Å². The summed E-state index contributed by atoms with van der Waals surface area (Å²) in [6, 6.07) is 9.34. The minimum Gasteiger partial charge on any atom is -0.350 e. The summed E-state index contributed by atoms with van der Waals surface area (Å²) in [5.41, 5.74) is 1.78. The smallest absolute Gasteiger partial charge is 0.243 e. The van der Waals surface area contributed by atoms with Crippen molar-refractivity contribution >= 4 is 28.9 Å². The quantitative estimate of drug-likeness (QED) is 0.580. The first kappa shape index (κ1) is 16.0. The van der Waals surface area contributed by atoms with Gasteiger partial charge < -0.3 is 16.0 Å². The summed E-state index contributed by atoms with van der Waals surface area (Å²) >= 11 is 1.59. The first-order valence-electron chi connectivity index (χ1n) is 6.88. The third-order valence-corrected chi connectivity index (χ3v) is 3.74. The number of amides is 1. The Kier molecular flexibility index (Phi) is 5.91. The SMILES string of the molecule is CN=C(NCC(=O)Nc1ccccc1)NCc1nc(C)cs1. The van der Waals surface area contributed by atoms with Gasteiger partial charge in [-0.25, -0.2) is 4.98 Å². The van der Waals surface area contributed by atoms with Crippen LogP contribution in [0.4, 0.5) is 5.69 Å². The third-order valence-electron chi connectivity index (χ3n) is 2.77. The zero-order valence-electron chi connectivity index (χ0n) is 12.6. The van der Waals surface area contributed by atoms with Crippen LogP contribution in [0.1, 0.15) is 10.7 Å². The number of hydrogen-bond acceptors (Lipinski definition) is 4. The topological polar surface area (TPSA) is 78.4 Å². The number of nitrogens with zero attached hydrogens (tertiary/aromatic N) is 2. The molecule has 0 saturated heterocycles. The van der Waals surface area contributed by atoms with Crippen molar-refractivity contribution in [3.63, 3.8) is 0 Å². The summed E-state index contributed by atoms with van der Waals surface area (Å²) in [6.45, 7) is 2.69. The number of guanidine groups is 1. The number of nitrogens with one attached hydrogen (secondary N) is 3. The summed E-state index contributed by atoms with van der Waals surface area (Å²) in [6.07, 6.45) is 0. The summed E-state index contributed by atoms with van der Waals surface area (Å²) in [7, 11) is 1.66. The van der Waals surface area contributed by atoms with Crippen molar-refractivity contribution in [2.45, 2.75) is 13.5 Å². The molecule has 0 bridgehead atoms. The van der Waals surface area contributed by atoms with Crippen molar-refractivity contribution < 1.29 is 4.79 Å². The highest BCUT2D eigenvalue weighted by Crippen LogP contribution is 2.07. The van der Waals surface area contributed by atoms with E-state index in [0.29, 0.717) is 12.5 Å². The lowest BCUT2D eigenvalue weighted by molar-refractivity contribution is -0.115. The number of benzene rings is 1. The van der Waals surface area contributed by atoms with Crippen molar-refractivity contribution in [1.82, 2.24) is 15.6 Å². The molecule has 0 atom stereocenters. The minimum absolute atomic E-state index is 0.126. The maximum atomic E-state index is 11.8. The van der Waals surface area contributed by atoms with Gasteiger partial charge in [-0.2, -0.15) is 0 Å². The number of rotatable bonds is 5. The highest BCUT2D eigenvalue weighted by Gasteiger charge is 2.05. The van der Waals surface area contributed by atoms with Crippen LogP contribution in [-0.4, -0.2) is 30.4 Å². The van der Waals surface area contributed by atoms with Crippen LogP contribution in [0.25, 0.3) is 0 Å². The largest absolute Gasteiger partial charge is 0.350 e. The van der Waals surface area contributed by atoms with E-state index in [1.54, 1.807) is 18.4 Å². The van der Waals surface area contributed by atoms with Gasteiger partial charge in [-0.1, -0.05) is 18.2 Å². The average molecular weight is 317 g/mol. The zero-order valence-corrected chi connectivity index (χ0v) is 13.4. The molecule has 1 amide bonds. The van der Waals surface area contributed by atoms with Gasteiger partial charge in [0.1, 0.15) is 5.01 Å². The van der Waals surface area contributed by atoms with E-state index >= 15 is 0 Å². The fraction of sp³-hybridized carbons (Fsp3) is 0.267. The van der Waals surface area contributed by atoms with Gasteiger partial charge in [0.25, 0.3) is 0 Å². The number of aliphatic imine (C=N–C) groups is 1. The molecule has 1 aromatic carbocycles. The average Bonchev–Trinajstić information content (AvgIpc) is 2.94. The van der Waals surface area contributed by atoms with Crippen LogP contribution < -0.4 is 16.0 Å². The fourth-order valence-electron chi connectivity index (χ4n) is 1.75. The molecular formula is C15H19N5OS. The van der Waals surface area contributed by atoms with Crippen molar-refractivity contribution in [3.05, 3.63) is 46.4 Å². The molecule has 2 rings (SSSR count). The van der Waals surface area contributed by atoms with E-state index in [4.69, 9.17) is 0 Å². The number of anilines is 1. The molecule has 22 heavy (non-hydrogen) atoms. The summed E-state index contributed by atoms with van der Waals surface area (Å²) < 4.78 is 0. The predicted octanol–water partition coefficient (Wildman–Crippen LogP) is 1.76. The van der Waals surface area contributed by atoms with E-state index in [0.717, 1.165) is 16.4 Å². The summed E-state index contributed by atoms with van der Waals surface area (Å²) in [5, 5.41) is 11.9. The van der Waals surface area contributed by atoms with E-state index in [-0.39, 0.29) is 12.5 Å². The summed E-state index contributed by atoms with van der Waals surface area (Å²) in [5.74, 6) is 0.440. The van der Waals surface area contributed by atoms with Gasteiger partial charge in [0.15, 0.2) is 5.96 Å². The number of aromatic nitrogens is 1. The van der Waals surface area contributed by atoms with Crippen LogP contribution in [0.2, 0.25) is 0 Å². The van der Waals surface area contributed by atoms with Gasteiger partial charge in [-0.05, 0) is 19.1 Å². The second-order valence-electron chi connectivity index (χ2n) is 4.58. The van der Waals surface area contributed by atoms with Gasteiger partial charge in [0.2, 0.25) is 5.91 Å².